The maximum Gasteiger partial charge on any atom is 0.222 e. The van der Waals surface area contributed by atoms with E-state index in [0.29, 0.717) is 54.1 Å². The normalized spacial score (nSPS) is 21.7. The Hall–Kier alpha value is -3.57. The van der Waals surface area contributed by atoms with E-state index in [2.05, 4.69) is 34.6 Å². The second-order valence-corrected chi connectivity index (χ2v) is 11.1. The Morgan fingerprint density at radius 1 is 1.17 bits per heavy atom. The van der Waals surface area contributed by atoms with Crippen LogP contribution in [0, 0.1) is 0 Å². The average Bonchev–Trinajstić information content (AvgIpc) is 3.25. The van der Waals surface area contributed by atoms with E-state index in [1.807, 2.05) is 33.2 Å². The number of hydrogen-bond donors (Lipinski definition) is 2. The van der Waals surface area contributed by atoms with Crippen LogP contribution in [0.15, 0.2) is 36.3 Å². The van der Waals surface area contributed by atoms with Crippen LogP contribution >= 0.6 is 0 Å². The molecule has 0 saturated carbocycles. The summed E-state index contributed by atoms with van der Waals surface area (Å²) in [5, 5.41) is 11.3. The summed E-state index contributed by atoms with van der Waals surface area (Å²) in [6.07, 6.45) is 8.25. The topological polar surface area (TPSA) is 108 Å². The summed E-state index contributed by atoms with van der Waals surface area (Å²) in [6.45, 7) is 8.73. The van der Waals surface area contributed by atoms with Crippen LogP contribution in [-0.2, 0) is 11.8 Å². The Morgan fingerprint density at radius 2 is 2.02 bits per heavy atom. The SMILES string of the molecule is CCCC(F)COC1NC(CC)CCC(C)=C1c1cnc2cc1O[C@@H](C)CCOc1c(cnn1C)-c1nccc(n1)N2. The number of alkyl halides is 1. The van der Waals surface area contributed by atoms with Gasteiger partial charge in [-0.3, -0.25) is 5.32 Å². The zero-order valence-electron chi connectivity index (χ0n) is 25.2. The third-order valence-corrected chi connectivity index (χ3v) is 7.80. The second kappa shape index (κ2) is 13.6. The molecule has 226 valence electrons. The van der Waals surface area contributed by atoms with Gasteiger partial charge >= 0.3 is 0 Å². The number of halogens is 1. The molecule has 4 bridgehead atoms. The van der Waals surface area contributed by atoms with Crippen molar-refractivity contribution < 1.29 is 18.6 Å². The van der Waals surface area contributed by atoms with Gasteiger partial charge in [0.25, 0.3) is 0 Å². The fraction of sp³-hybridized carbons (Fsp3) is 0.548. The van der Waals surface area contributed by atoms with Crippen molar-refractivity contribution in [2.75, 3.05) is 18.5 Å². The monoisotopic (exact) mass is 579 g/mol. The zero-order chi connectivity index (χ0) is 29.6. The molecule has 3 aromatic rings. The van der Waals surface area contributed by atoms with Crippen molar-refractivity contribution in [1.82, 2.24) is 30.0 Å². The van der Waals surface area contributed by atoms with Crippen molar-refractivity contribution in [3.8, 4) is 23.0 Å². The van der Waals surface area contributed by atoms with Crippen molar-refractivity contribution in [2.45, 2.75) is 90.8 Å². The lowest BCUT2D eigenvalue weighted by molar-refractivity contribution is 0.0233. The van der Waals surface area contributed by atoms with E-state index < -0.39 is 12.4 Å². The lowest BCUT2D eigenvalue weighted by Crippen LogP contribution is -2.40. The molecule has 0 fully saturated rings. The van der Waals surface area contributed by atoms with Gasteiger partial charge in [-0.1, -0.05) is 25.8 Å². The van der Waals surface area contributed by atoms with Crippen molar-refractivity contribution in [2.24, 2.45) is 7.05 Å². The fourth-order valence-electron chi connectivity index (χ4n) is 5.39. The van der Waals surface area contributed by atoms with Gasteiger partial charge in [0, 0.05) is 49.1 Å². The number of nitrogens with zero attached hydrogens (tertiary/aromatic N) is 5. The number of anilines is 2. The minimum absolute atomic E-state index is 0.0295. The number of hydrogen-bond acceptors (Lipinski definition) is 9. The highest BCUT2D eigenvalue weighted by atomic mass is 19.1. The number of fused-ring (bicyclic) bond motifs is 6. The molecule has 0 spiro atoms. The van der Waals surface area contributed by atoms with Gasteiger partial charge in [0.05, 0.1) is 25.5 Å². The lowest BCUT2D eigenvalue weighted by Gasteiger charge is -2.28. The van der Waals surface area contributed by atoms with Crippen LogP contribution < -0.4 is 20.1 Å². The first-order valence-electron chi connectivity index (χ1n) is 15.0. The molecule has 2 aliphatic rings. The summed E-state index contributed by atoms with van der Waals surface area (Å²) in [4.78, 5) is 13.9. The molecule has 5 rings (SSSR count). The molecule has 11 heteroatoms. The molecule has 0 radical (unpaired) electrons. The first-order valence-corrected chi connectivity index (χ1v) is 15.0. The summed E-state index contributed by atoms with van der Waals surface area (Å²) >= 11 is 0. The van der Waals surface area contributed by atoms with Gasteiger partial charge in [-0.25, -0.2) is 24.0 Å². The van der Waals surface area contributed by atoms with E-state index in [1.165, 1.54) is 5.57 Å². The summed E-state index contributed by atoms with van der Waals surface area (Å²) < 4.78 is 35.3. The summed E-state index contributed by atoms with van der Waals surface area (Å²) in [5.74, 6) is 2.93. The van der Waals surface area contributed by atoms with Crippen molar-refractivity contribution in [3.05, 3.63) is 41.9 Å². The standard InChI is InChI=1S/C31H42FN7O3/c1-6-8-21(32)18-41-30-28(19(3)9-10-22(7-2)36-30)23-16-34-27-15-25(23)42-20(4)12-14-40-31-24(17-35-39(31)5)29-33-13-11-26(37-27)38-29/h11,13,15-17,20-22,30,36H,6-10,12,14,18H2,1-5H3,(H,33,34,37,38)/t20-,21?,22?,30?/m0/s1. The van der Waals surface area contributed by atoms with Gasteiger partial charge in [0.15, 0.2) is 5.82 Å². The maximum absolute atomic E-state index is 14.6. The third kappa shape index (κ3) is 6.90. The lowest BCUT2D eigenvalue weighted by atomic mass is 9.97. The molecule has 3 aromatic heterocycles. The fourth-order valence-corrected chi connectivity index (χ4v) is 5.39. The molecule has 0 amide bonds. The predicted molar refractivity (Wildman–Crippen MR) is 161 cm³/mol. The number of nitrogens with one attached hydrogen (secondary N) is 2. The van der Waals surface area contributed by atoms with Crippen molar-refractivity contribution in [1.29, 1.82) is 0 Å². The molecule has 0 saturated heterocycles. The van der Waals surface area contributed by atoms with Crippen LogP contribution in [0.5, 0.6) is 11.6 Å². The van der Waals surface area contributed by atoms with E-state index in [4.69, 9.17) is 24.2 Å². The Kier molecular flexibility index (Phi) is 9.69. The van der Waals surface area contributed by atoms with E-state index in [0.717, 1.165) is 36.8 Å². The Morgan fingerprint density at radius 3 is 2.83 bits per heavy atom. The Balaban J connectivity index is 1.52. The quantitative estimate of drug-likeness (QED) is 0.349. The molecule has 10 nitrogen and oxygen atoms in total. The van der Waals surface area contributed by atoms with Crippen LogP contribution in [0.25, 0.3) is 17.0 Å². The first-order chi connectivity index (χ1) is 20.4. The molecular weight excluding hydrogens is 537 g/mol. The van der Waals surface area contributed by atoms with Gasteiger partial charge in [0.1, 0.15) is 35.3 Å². The molecule has 0 aromatic carbocycles. The highest BCUT2D eigenvalue weighted by molar-refractivity contribution is 5.77. The van der Waals surface area contributed by atoms with Gasteiger partial charge in [-0.2, -0.15) is 5.10 Å². The van der Waals surface area contributed by atoms with Crippen LogP contribution in [0.4, 0.5) is 16.0 Å². The van der Waals surface area contributed by atoms with Crippen LogP contribution in [-0.4, -0.2) is 62.5 Å². The zero-order valence-corrected chi connectivity index (χ0v) is 25.2. The summed E-state index contributed by atoms with van der Waals surface area (Å²) in [7, 11) is 1.83. The van der Waals surface area contributed by atoms with Crippen molar-refractivity contribution >= 4 is 17.2 Å². The number of allylic oxidation sites excluding steroid dienone is 1. The van der Waals surface area contributed by atoms with Gasteiger partial charge < -0.3 is 19.5 Å². The smallest absolute Gasteiger partial charge is 0.222 e. The van der Waals surface area contributed by atoms with E-state index in [9.17, 15) is 4.39 Å². The largest absolute Gasteiger partial charge is 0.490 e. The molecule has 5 heterocycles. The number of aryl methyl sites for hydroxylation is 1. The summed E-state index contributed by atoms with van der Waals surface area (Å²) in [6, 6.07) is 3.94. The van der Waals surface area contributed by atoms with E-state index >= 15 is 0 Å². The number of aromatic nitrogens is 5. The third-order valence-electron chi connectivity index (χ3n) is 7.80. The minimum atomic E-state index is -1.02. The minimum Gasteiger partial charge on any atom is -0.490 e. The Bertz CT molecular complexity index is 1390. The van der Waals surface area contributed by atoms with Crippen LogP contribution in [0.3, 0.4) is 0 Å². The highest BCUT2D eigenvalue weighted by Crippen LogP contribution is 2.37. The molecule has 0 aliphatic carbocycles. The molecule has 2 N–H and O–H groups in total. The molecule has 42 heavy (non-hydrogen) atoms. The van der Waals surface area contributed by atoms with Crippen LogP contribution in [0.1, 0.15) is 71.8 Å². The van der Waals surface area contributed by atoms with Gasteiger partial charge in [-0.15, -0.1) is 0 Å². The van der Waals surface area contributed by atoms with Gasteiger partial charge in [-0.05, 0) is 45.6 Å². The molecule has 3 unspecified atom stereocenters. The van der Waals surface area contributed by atoms with Crippen LogP contribution in [0.2, 0.25) is 0 Å². The molecule has 4 atom stereocenters. The van der Waals surface area contributed by atoms with Gasteiger partial charge in [0.2, 0.25) is 5.88 Å². The summed E-state index contributed by atoms with van der Waals surface area (Å²) in [5.41, 5.74) is 3.67. The average molecular weight is 580 g/mol. The number of ether oxygens (including phenoxy) is 3. The van der Waals surface area contributed by atoms with E-state index in [-0.39, 0.29) is 18.8 Å². The number of pyridine rings is 1. The molecular formula is C31H42FN7O3. The maximum atomic E-state index is 14.6. The number of rotatable bonds is 7. The Labute approximate surface area is 247 Å². The van der Waals surface area contributed by atoms with E-state index in [1.54, 1.807) is 23.1 Å². The van der Waals surface area contributed by atoms with Crippen molar-refractivity contribution in [3.63, 3.8) is 0 Å². The molecule has 2 aliphatic heterocycles. The second-order valence-electron chi connectivity index (χ2n) is 11.1. The predicted octanol–water partition coefficient (Wildman–Crippen LogP) is 5.98. The highest BCUT2D eigenvalue weighted by Gasteiger charge is 2.29. The first kappa shape index (κ1) is 29.9.